The predicted molar refractivity (Wildman–Crippen MR) is 113 cm³/mol. The van der Waals surface area contributed by atoms with E-state index < -0.39 is 39.0 Å². The summed E-state index contributed by atoms with van der Waals surface area (Å²) < 4.78 is 31.9. The third-order valence-electron chi connectivity index (χ3n) is 4.10. The maximum absolute atomic E-state index is 12.4. The first-order valence-corrected chi connectivity index (χ1v) is 10.8. The molecule has 1 amide bonds. The molecule has 0 saturated heterocycles. The average molecular weight is 470 g/mol. The molecule has 10 nitrogen and oxygen atoms in total. The van der Waals surface area contributed by atoms with E-state index in [4.69, 9.17) is 16.3 Å². The maximum Gasteiger partial charge on any atom is 0.324 e. The van der Waals surface area contributed by atoms with Gasteiger partial charge in [0.25, 0.3) is 11.6 Å². The largest absolute Gasteiger partial charge is 0.451 e. The van der Waals surface area contributed by atoms with Crippen LogP contribution in [0.5, 0.6) is 0 Å². The van der Waals surface area contributed by atoms with Gasteiger partial charge in [0, 0.05) is 12.1 Å². The summed E-state index contributed by atoms with van der Waals surface area (Å²) in [5.41, 5.74) is 0.551. The molecule has 0 saturated carbocycles. The van der Waals surface area contributed by atoms with Crippen molar-refractivity contribution >= 4 is 44.9 Å². The average Bonchev–Trinajstić information content (AvgIpc) is 2.69. The minimum atomic E-state index is -3.98. The van der Waals surface area contributed by atoms with Gasteiger partial charge in [0.05, 0.1) is 20.5 Å². The monoisotopic (exact) mass is 469 g/mol. The van der Waals surface area contributed by atoms with Crippen LogP contribution in [0.4, 0.5) is 11.4 Å². The van der Waals surface area contributed by atoms with Crippen LogP contribution < -0.4 is 10.0 Å². The highest BCUT2D eigenvalue weighted by Gasteiger charge is 2.27. The van der Waals surface area contributed by atoms with Crippen LogP contribution in [-0.4, -0.2) is 37.4 Å². The number of amides is 1. The second-order valence-corrected chi connectivity index (χ2v) is 8.77. The van der Waals surface area contributed by atoms with Gasteiger partial charge < -0.3 is 10.1 Å². The Labute approximate surface area is 183 Å². The number of ether oxygens (including phenoxy) is 1. The van der Waals surface area contributed by atoms with Crippen LogP contribution in [0.15, 0.2) is 47.4 Å². The van der Waals surface area contributed by atoms with Crippen LogP contribution in [0.1, 0.15) is 19.4 Å². The summed E-state index contributed by atoms with van der Waals surface area (Å²) in [6.45, 7) is 4.34. The zero-order valence-electron chi connectivity index (χ0n) is 16.8. The number of nitrogens with one attached hydrogen (secondary N) is 2. The molecule has 2 N–H and O–H groups in total. The van der Waals surface area contributed by atoms with Crippen LogP contribution in [0.3, 0.4) is 0 Å². The lowest BCUT2D eigenvalue weighted by Gasteiger charge is -2.18. The lowest BCUT2D eigenvalue weighted by molar-refractivity contribution is -0.384. The number of nitro benzene ring substituents is 1. The Morgan fingerprint density at radius 3 is 2.32 bits per heavy atom. The van der Waals surface area contributed by atoms with Crippen molar-refractivity contribution in [2.45, 2.75) is 37.8 Å². The molecule has 0 aliphatic rings. The molecule has 2 rings (SSSR count). The Hall–Kier alpha value is -3.02. The third kappa shape index (κ3) is 6.48. The molecule has 0 fully saturated rings. The first-order chi connectivity index (χ1) is 14.4. The van der Waals surface area contributed by atoms with Crippen LogP contribution in [0.2, 0.25) is 5.02 Å². The third-order valence-corrected chi connectivity index (χ3v) is 5.98. The van der Waals surface area contributed by atoms with E-state index in [1.165, 1.54) is 38.1 Å². The minimum Gasteiger partial charge on any atom is -0.451 e. The molecule has 0 aliphatic heterocycles. The van der Waals surface area contributed by atoms with Crippen molar-refractivity contribution in [3.8, 4) is 0 Å². The molecule has 0 aromatic heterocycles. The van der Waals surface area contributed by atoms with Gasteiger partial charge in [0.1, 0.15) is 6.04 Å². The number of nitro groups is 1. The zero-order chi connectivity index (χ0) is 23.3. The first kappa shape index (κ1) is 24.3. The number of non-ortho nitro benzene ring substituents is 1. The number of halogens is 1. The predicted octanol–water partition coefficient (Wildman–Crippen LogP) is 2.79. The minimum absolute atomic E-state index is 0.0242. The number of sulfonamides is 1. The summed E-state index contributed by atoms with van der Waals surface area (Å²) in [5.74, 6) is -1.78. The van der Waals surface area contributed by atoms with Gasteiger partial charge >= 0.3 is 5.97 Å². The summed E-state index contributed by atoms with van der Waals surface area (Å²) in [4.78, 5) is 34.7. The molecular formula is C19H20ClN3O7S. The fraction of sp³-hybridized carbons (Fsp3) is 0.263. The molecule has 2 aromatic carbocycles. The Bertz CT molecular complexity index is 1100. The molecule has 0 bridgehead atoms. The number of carbonyl (C=O) groups excluding carboxylic acids is 2. The molecule has 12 heteroatoms. The SMILES string of the molecule is Cc1ccc(S(=O)(=O)N[C@@H](C)C(=O)O[C@H](C)C(=O)Nc2cc([N+](=O)[O-])ccc2Cl)cc1. The van der Waals surface area contributed by atoms with Gasteiger partial charge in [-0.25, -0.2) is 8.42 Å². The van der Waals surface area contributed by atoms with Crippen LogP contribution in [0.25, 0.3) is 0 Å². The molecule has 166 valence electrons. The van der Waals surface area contributed by atoms with E-state index in [1.807, 2.05) is 0 Å². The molecular weight excluding hydrogens is 450 g/mol. The fourth-order valence-corrected chi connectivity index (χ4v) is 3.71. The fourth-order valence-electron chi connectivity index (χ4n) is 2.35. The van der Waals surface area contributed by atoms with Gasteiger partial charge in [-0.2, -0.15) is 4.72 Å². The Morgan fingerprint density at radius 2 is 1.74 bits per heavy atom. The number of hydrogen-bond acceptors (Lipinski definition) is 7. The number of aryl methyl sites for hydroxylation is 1. The van der Waals surface area contributed by atoms with Crippen molar-refractivity contribution in [3.05, 3.63) is 63.2 Å². The lowest BCUT2D eigenvalue weighted by atomic mass is 10.2. The number of hydrogen-bond donors (Lipinski definition) is 2. The maximum atomic E-state index is 12.4. The molecule has 2 atom stereocenters. The first-order valence-electron chi connectivity index (χ1n) is 8.95. The summed E-state index contributed by atoms with van der Waals surface area (Å²) in [6.07, 6.45) is -1.32. The zero-order valence-corrected chi connectivity index (χ0v) is 18.4. The second-order valence-electron chi connectivity index (χ2n) is 6.65. The highest BCUT2D eigenvalue weighted by atomic mass is 35.5. The van der Waals surface area contributed by atoms with Crippen molar-refractivity contribution < 1.29 is 27.7 Å². The summed E-state index contributed by atoms with van der Waals surface area (Å²) in [5, 5.41) is 13.3. The molecule has 0 radical (unpaired) electrons. The molecule has 0 aliphatic carbocycles. The highest BCUT2D eigenvalue weighted by molar-refractivity contribution is 7.89. The smallest absolute Gasteiger partial charge is 0.324 e. The Morgan fingerprint density at radius 1 is 1.13 bits per heavy atom. The van der Waals surface area contributed by atoms with Crippen molar-refractivity contribution in [3.63, 3.8) is 0 Å². The van der Waals surface area contributed by atoms with Crippen molar-refractivity contribution in [1.82, 2.24) is 4.72 Å². The summed E-state index contributed by atoms with van der Waals surface area (Å²) >= 11 is 5.92. The number of esters is 1. The number of benzene rings is 2. The number of carbonyl (C=O) groups is 2. The van der Waals surface area contributed by atoms with Gasteiger partial charge in [-0.3, -0.25) is 19.7 Å². The second kappa shape index (κ2) is 9.86. The van der Waals surface area contributed by atoms with Gasteiger partial charge in [-0.15, -0.1) is 0 Å². The molecule has 31 heavy (non-hydrogen) atoms. The Balaban J connectivity index is 2.01. The van der Waals surface area contributed by atoms with Gasteiger partial charge in [0.15, 0.2) is 6.10 Å². The molecule has 0 spiro atoms. The van der Waals surface area contributed by atoms with Gasteiger partial charge in [0.2, 0.25) is 10.0 Å². The van der Waals surface area contributed by atoms with Gasteiger partial charge in [-0.05, 0) is 39.0 Å². The summed E-state index contributed by atoms with van der Waals surface area (Å²) in [6, 6.07) is 8.22. The van der Waals surface area contributed by atoms with E-state index in [0.717, 1.165) is 11.6 Å². The Kier molecular flexibility index (Phi) is 7.71. The van der Waals surface area contributed by atoms with E-state index in [1.54, 1.807) is 19.1 Å². The van der Waals surface area contributed by atoms with Crippen molar-refractivity contribution in [2.24, 2.45) is 0 Å². The van der Waals surface area contributed by atoms with E-state index in [2.05, 4.69) is 10.0 Å². The number of anilines is 1. The van der Waals surface area contributed by atoms with Gasteiger partial charge in [-0.1, -0.05) is 29.3 Å². The van der Waals surface area contributed by atoms with E-state index in [9.17, 15) is 28.1 Å². The molecule has 2 aromatic rings. The summed E-state index contributed by atoms with van der Waals surface area (Å²) in [7, 11) is -3.98. The van der Waals surface area contributed by atoms with E-state index in [-0.39, 0.29) is 21.3 Å². The quantitative estimate of drug-likeness (QED) is 0.343. The lowest BCUT2D eigenvalue weighted by Crippen LogP contribution is -2.42. The van der Waals surface area contributed by atoms with Crippen molar-refractivity contribution in [1.29, 1.82) is 0 Å². The van der Waals surface area contributed by atoms with E-state index >= 15 is 0 Å². The molecule has 0 heterocycles. The van der Waals surface area contributed by atoms with Crippen LogP contribution in [-0.2, 0) is 24.3 Å². The topological polar surface area (TPSA) is 145 Å². The molecule has 0 unspecified atom stereocenters. The van der Waals surface area contributed by atoms with E-state index in [0.29, 0.717) is 0 Å². The van der Waals surface area contributed by atoms with Crippen LogP contribution >= 0.6 is 11.6 Å². The van der Waals surface area contributed by atoms with Crippen LogP contribution in [0, 0.1) is 17.0 Å². The number of rotatable bonds is 8. The highest BCUT2D eigenvalue weighted by Crippen LogP contribution is 2.26. The van der Waals surface area contributed by atoms with Crippen molar-refractivity contribution in [2.75, 3.05) is 5.32 Å². The normalized spacial score (nSPS) is 13.2. The standard InChI is InChI=1S/C19H20ClN3O7S/c1-11-4-7-15(8-5-11)31(28,29)22-12(2)19(25)30-13(3)18(24)21-17-10-14(23(26)27)6-9-16(17)20/h4-10,12-13,22H,1-3H3,(H,21,24)/t12-,13+/m0/s1. The number of nitrogens with zero attached hydrogens (tertiary/aromatic N) is 1.